The minimum Gasteiger partial charge on any atom is -0.352 e. The van der Waals surface area contributed by atoms with Crippen molar-refractivity contribution in [3.05, 3.63) is 69.6 Å². The maximum atomic E-state index is 9.65. The Morgan fingerprint density at radius 3 is 1.28 bits per heavy atom. The van der Waals surface area contributed by atoms with Crippen LogP contribution in [0.5, 0.6) is 0 Å². The quantitative estimate of drug-likeness (QED) is 0.328. The maximum absolute atomic E-state index is 9.65. The summed E-state index contributed by atoms with van der Waals surface area (Å²) in [7, 11) is 0. The van der Waals surface area contributed by atoms with Crippen molar-refractivity contribution in [3.8, 4) is 0 Å². The molecule has 0 spiro atoms. The molecule has 0 bridgehead atoms. The van der Waals surface area contributed by atoms with Crippen molar-refractivity contribution in [3.63, 3.8) is 0 Å². The molecule has 0 amide bonds. The molecule has 1 heterocycles. The van der Waals surface area contributed by atoms with Crippen LogP contribution in [0.4, 0.5) is 0 Å². The molecule has 1 aromatic rings. The average Bonchev–Trinajstić information content (AvgIpc) is 2.69. The van der Waals surface area contributed by atoms with Gasteiger partial charge in [-0.05, 0) is 50.2 Å². The van der Waals surface area contributed by atoms with Crippen molar-refractivity contribution in [2.24, 2.45) is 10.4 Å². The van der Waals surface area contributed by atoms with Gasteiger partial charge in [0.1, 0.15) is 11.4 Å². The summed E-state index contributed by atoms with van der Waals surface area (Å²) < 4.78 is 0. The Morgan fingerprint density at radius 2 is 1.20 bits per heavy atom. The first-order chi connectivity index (χ1) is 11.4. The Hall–Kier alpha value is -1.85. The summed E-state index contributed by atoms with van der Waals surface area (Å²) in [5.41, 5.74) is 4.87. The van der Waals surface area contributed by atoms with E-state index in [0.29, 0.717) is 11.4 Å². The SMILES string of the molecule is C/C(N=O)=C(\C)NO.C/C(N=O)=C(\C)NO.[CH2-]Cl.[Co].c1ccncc1. The fourth-order valence-electron chi connectivity index (χ4n) is 0.611. The summed E-state index contributed by atoms with van der Waals surface area (Å²) in [6, 6.07) is 5.72. The number of hydrogen-bond donors (Lipinski definition) is 4. The van der Waals surface area contributed by atoms with Gasteiger partial charge in [-0.15, -0.1) is 9.81 Å². The largest absolute Gasteiger partial charge is 0.352 e. The Morgan fingerprint density at radius 1 is 0.880 bits per heavy atom. The first kappa shape index (κ1) is 31.0. The van der Waals surface area contributed by atoms with Crippen LogP contribution in [0.1, 0.15) is 27.7 Å². The fraction of sp³-hybridized carbons (Fsp3) is 0.286. The normalized spacial score (nSPS) is 10.1. The number of hydrogen-bond acceptors (Lipinski definition) is 9. The minimum atomic E-state index is 0. The van der Waals surface area contributed by atoms with Gasteiger partial charge in [0.2, 0.25) is 0 Å². The molecule has 0 aromatic carbocycles. The van der Waals surface area contributed by atoms with Crippen molar-refractivity contribution < 1.29 is 27.2 Å². The molecule has 0 aliphatic carbocycles. The van der Waals surface area contributed by atoms with Crippen LogP contribution in [0, 0.1) is 16.2 Å². The van der Waals surface area contributed by atoms with Gasteiger partial charge in [0.15, 0.2) is 0 Å². The van der Waals surface area contributed by atoms with E-state index in [1.807, 2.05) is 18.2 Å². The number of rotatable bonds is 4. The van der Waals surface area contributed by atoms with Gasteiger partial charge >= 0.3 is 0 Å². The van der Waals surface area contributed by atoms with Crippen molar-refractivity contribution >= 4 is 11.6 Å². The van der Waals surface area contributed by atoms with E-state index in [-0.39, 0.29) is 28.2 Å². The van der Waals surface area contributed by atoms with Gasteiger partial charge in [-0.25, -0.2) is 0 Å². The van der Waals surface area contributed by atoms with Crippen LogP contribution in [0.2, 0.25) is 0 Å². The molecule has 0 atom stereocenters. The van der Waals surface area contributed by atoms with Gasteiger partial charge < -0.3 is 11.6 Å². The zero-order valence-corrected chi connectivity index (χ0v) is 16.2. The predicted octanol–water partition coefficient (Wildman–Crippen LogP) is 4.06. The van der Waals surface area contributed by atoms with E-state index < -0.39 is 0 Å². The number of aromatic nitrogens is 1. The first-order valence-electron chi connectivity index (χ1n) is 6.38. The number of nitrogens with zero attached hydrogens (tertiary/aromatic N) is 3. The minimum absolute atomic E-state index is 0. The number of pyridine rings is 1. The van der Waals surface area contributed by atoms with Crippen LogP contribution in [-0.2, 0) is 16.8 Å². The van der Waals surface area contributed by atoms with Crippen molar-refractivity contribution in [1.29, 1.82) is 0 Å². The van der Waals surface area contributed by atoms with Crippen LogP contribution in [0.25, 0.3) is 0 Å². The average molecular weight is 420 g/mol. The summed E-state index contributed by atoms with van der Waals surface area (Å²) in [6.45, 7) is 6.12. The molecule has 25 heavy (non-hydrogen) atoms. The number of nitroso groups, excluding NO2 is 2. The molecule has 0 unspecified atom stereocenters. The zero-order valence-electron chi connectivity index (χ0n) is 14.4. The molecule has 0 aliphatic heterocycles. The Labute approximate surface area is 162 Å². The Bertz CT molecular complexity index is 445. The summed E-state index contributed by atoms with van der Waals surface area (Å²) in [5.74, 6) is 0. The molecule has 145 valence electrons. The van der Waals surface area contributed by atoms with E-state index in [0.717, 1.165) is 0 Å². The van der Waals surface area contributed by atoms with E-state index in [1.54, 1.807) is 37.2 Å². The molecule has 0 saturated carbocycles. The van der Waals surface area contributed by atoms with E-state index >= 15 is 0 Å². The molecule has 1 rings (SSSR count). The van der Waals surface area contributed by atoms with Gasteiger partial charge in [-0.2, -0.15) is 0 Å². The third-order valence-electron chi connectivity index (χ3n) is 2.26. The summed E-state index contributed by atoms with van der Waals surface area (Å²) in [6.07, 6.45) is 6.22. The molecule has 1 aromatic heterocycles. The number of allylic oxidation sites excluding steroid dienone is 4. The van der Waals surface area contributed by atoms with Crippen LogP contribution >= 0.6 is 11.6 Å². The van der Waals surface area contributed by atoms with Crippen molar-refractivity contribution in [2.45, 2.75) is 27.7 Å². The van der Waals surface area contributed by atoms with E-state index in [1.165, 1.54) is 13.8 Å². The third kappa shape index (κ3) is 22.1. The number of halogens is 1. The predicted molar refractivity (Wildman–Crippen MR) is 93.6 cm³/mol. The molecule has 9 nitrogen and oxygen atoms in total. The topological polar surface area (TPSA) is 136 Å². The van der Waals surface area contributed by atoms with Gasteiger partial charge in [-0.3, -0.25) is 32.7 Å². The molecule has 11 heteroatoms. The van der Waals surface area contributed by atoms with Gasteiger partial charge in [-0.1, -0.05) is 6.07 Å². The van der Waals surface area contributed by atoms with Gasteiger partial charge in [0, 0.05) is 29.2 Å². The molecular formula is C14H23ClCoN5O4-. The standard InChI is InChI=1S/C5H5N.2C4H8N2O2.CH2Cl.Co/c1-2-4-6-5-3-1;2*1-3(5-7)4(2)6-8;1-2;/h1-5H;2*5,7H,1-2H3;1H2;/q;;;-1;/b;2*4-3-;;. The number of hydroxylamine groups is 2. The molecule has 4 N–H and O–H groups in total. The number of nitrogens with one attached hydrogen (secondary N) is 2. The second-order valence-electron chi connectivity index (χ2n) is 3.85. The third-order valence-corrected chi connectivity index (χ3v) is 2.26. The van der Waals surface area contributed by atoms with Gasteiger partial charge in [0.05, 0.1) is 11.4 Å². The van der Waals surface area contributed by atoms with Crippen molar-refractivity contribution in [2.75, 3.05) is 0 Å². The van der Waals surface area contributed by atoms with E-state index in [9.17, 15) is 9.81 Å². The smallest absolute Gasteiger partial charge is 0.103 e. The molecule has 1 radical (unpaired) electrons. The fourth-order valence-corrected chi connectivity index (χ4v) is 0.611. The molecule has 0 saturated heterocycles. The second kappa shape index (κ2) is 24.4. The Kier molecular flexibility index (Phi) is 30.2. The summed E-state index contributed by atoms with van der Waals surface area (Å²) >= 11 is 4.39. The van der Waals surface area contributed by atoms with Crippen LogP contribution < -0.4 is 11.0 Å². The van der Waals surface area contributed by atoms with Crippen LogP contribution in [0.3, 0.4) is 0 Å². The van der Waals surface area contributed by atoms with Crippen molar-refractivity contribution in [1.82, 2.24) is 15.9 Å². The summed E-state index contributed by atoms with van der Waals surface area (Å²) in [4.78, 5) is 23.1. The summed E-state index contributed by atoms with van der Waals surface area (Å²) in [5, 5.41) is 21.4. The Balaban J connectivity index is -0.000000124. The second-order valence-corrected chi connectivity index (χ2v) is 3.85. The molecule has 0 fully saturated rings. The van der Waals surface area contributed by atoms with Gasteiger partial charge in [0.25, 0.3) is 0 Å². The maximum Gasteiger partial charge on any atom is 0.103 e. The zero-order chi connectivity index (χ0) is 19.4. The van der Waals surface area contributed by atoms with Crippen LogP contribution in [-0.4, -0.2) is 15.4 Å². The molecular weight excluding hydrogens is 397 g/mol. The molecule has 0 aliphatic rings. The monoisotopic (exact) mass is 419 g/mol. The van der Waals surface area contributed by atoms with E-state index in [2.05, 4.69) is 33.3 Å². The van der Waals surface area contributed by atoms with Crippen LogP contribution in [0.15, 0.2) is 63.7 Å². The first-order valence-corrected chi connectivity index (χ1v) is 6.91. The van der Waals surface area contributed by atoms with E-state index in [4.69, 9.17) is 10.4 Å².